The van der Waals surface area contributed by atoms with E-state index < -0.39 is 0 Å². The van der Waals surface area contributed by atoms with E-state index in [2.05, 4.69) is 0 Å². The third-order valence-electron chi connectivity index (χ3n) is 2.56. The second-order valence-electron chi connectivity index (χ2n) is 3.59. The van der Waals surface area contributed by atoms with E-state index >= 15 is 0 Å². The quantitative estimate of drug-likeness (QED) is 0.652. The maximum Gasteiger partial charge on any atom is 0.246 e. The zero-order valence-corrected chi connectivity index (χ0v) is 8.36. The fourth-order valence-electron chi connectivity index (χ4n) is 1.57. The van der Waals surface area contributed by atoms with E-state index in [1.165, 1.54) is 12.8 Å². The number of amides is 1. The van der Waals surface area contributed by atoms with Gasteiger partial charge < -0.3 is 10.6 Å². The smallest absolute Gasteiger partial charge is 0.246 e. The van der Waals surface area contributed by atoms with Crippen LogP contribution in [-0.4, -0.2) is 30.4 Å². The van der Waals surface area contributed by atoms with E-state index in [1.807, 2.05) is 14.0 Å². The van der Waals surface area contributed by atoms with Gasteiger partial charge in [0.1, 0.15) is 0 Å². The minimum absolute atomic E-state index is 0.0600. The van der Waals surface area contributed by atoms with Crippen LogP contribution >= 0.6 is 0 Å². The first-order valence-electron chi connectivity index (χ1n) is 4.80. The van der Waals surface area contributed by atoms with Gasteiger partial charge in [0.2, 0.25) is 5.91 Å². The normalized spacial score (nSPS) is 19.0. The third-order valence-corrected chi connectivity index (χ3v) is 2.56. The minimum Gasteiger partial charge on any atom is -0.338 e. The van der Waals surface area contributed by atoms with Crippen molar-refractivity contribution >= 4 is 5.91 Å². The number of allylic oxidation sites excluding steroid dienone is 1. The van der Waals surface area contributed by atoms with Crippen LogP contribution in [0.3, 0.4) is 0 Å². The summed E-state index contributed by atoms with van der Waals surface area (Å²) >= 11 is 0. The van der Waals surface area contributed by atoms with Crippen LogP contribution in [-0.2, 0) is 4.79 Å². The Labute approximate surface area is 79.6 Å². The van der Waals surface area contributed by atoms with Crippen LogP contribution in [0.5, 0.6) is 0 Å². The Bertz CT molecular complexity index is 209. The highest BCUT2D eigenvalue weighted by atomic mass is 16.2. The van der Waals surface area contributed by atoms with Crippen LogP contribution in [0.15, 0.2) is 12.2 Å². The predicted molar refractivity (Wildman–Crippen MR) is 53.2 cm³/mol. The lowest BCUT2D eigenvalue weighted by molar-refractivity contribution is -0.127. The Hall–Kier alpha value is -0.830. The zero-order chi connectivity index (χ0) is 9.84. The monoisotopic (exact) mass is 182 g/mol. The molecule has 0 aromatic heterocycles. The number of nitrogens with two attached hydrogens (primary N) is 1. The van der Waals surface area contributed by atoms with Gasteiger partial charge in [-0.25, -0.2) is 0 Å². The maximum absolute atomic E-state index is 11.5. The maximum atomic E-state index is 11.5. The van der Waals surface area contributed by atoms with Gasteiger partial charge in [-0.1, -0.05) is 6.08 Å². The molecule has 1 aliphatic rings. The summed E-state index contributed by atoms with van der Waals surface area (Å²) in [6.45, 7) is 2.42. The Morgan fingerprint density at radius 2 is 2.31 bits per heavy atom. The summed E-state index contributed by atoms with van der Waals surface area (Å²) in [4.78, 5) is 13.2. The average Bonchev–Trinajstić information content (AvgIpc) is 2.90. The highest BCUT2D eigenvalue weighted by molar-refractivity contribution is 5.87. The number of likely N-dealkylation sites (N-methyl/N-ethyl adjacent to an activating group) is 1. The first-order chi connectivity index (χ1) is 6.20. The van der Waals surface area contributed by atoms with Gasteiger partial charge >= 0.3 is 0 Å². The molecule has 1 atom stereocenters. The van der Waals surface area contributed by atoms with E-state index in [0.717, 1.165) is 0 Å². The van der Waals surface area contributed by atoms with Gasteiger partial charge in [-0.2, -0.15) is 0 Å². The Morgan fingerprint density at radius 3 is 2.69 bits per heavy atom. The van der Waals surface area contributed by atoms with E-state index in [9.17, 15) is 4.79 Å². The molecule has 0 heterocycles. The molecule has 0 aromatic carbocycles. The van der Waals surface area contributed by atoms with Crippen molar-refractivity contribution in [2.45, 2.75) is 25.8 Å². The lowest BCUT2D eigenvalue weighted by Gasteiger charge is -2.25. The van der Waals surface area contributed by atoms with Crippen LogP contribution in [0.4, 0.5) is 0 Å². The second kappa shape index (κ2) is 4.42. The molecule has 0 aliphatic heterocycles. The molecule has 0 spiro atoms. The predicted octanol–water partition coefficient (Wildman–Crippen LogP) is 0.758. The van der Waals surface area contributed by atoms with Crippen LogP contribution in [0.2, 0.25) is 0 Å². The molecule has 1 fully saturated rings. The summed E-state index contributed by atoms with van der Waals surface area (Å²) in [6, 6.07) is 0.240. The number of rotatable bonds is 4. The molecule has 0 aromatic rings. The molecule has 1 rings (SSSR count). The van der Waals surface area contributed by atoms with Crippen LogP contribution in [0.25, 0.3) is 0 Å². The number of hydrogen-bond acceptors (Lipinski definition) is 2. The van der Waals surface area contributed by atoms with Gasteiger partial charge in [0, 0.05) is 19.6 Å². The van der Waals surface area contributed by atoms with Crippen molar-refractivity contribution in [3.05, 3.63) is 12.2 Å². The number of carbonyl (C=O) groups excluding carboxylic acids is 1. The molecule has 0 bridgehead atoms. The van der Waals surface area contributed by atoms with Gasteiger partial charge in [-0.3, -0.25) is 4.79 Å². The molecule has 1 saturated carbocycles. The molecular formula is C10H18N2O. The molecule has 0 radical (unpaired) electrons. The first-order valence-corrected chi connectivity index (χ1v) is 4.80. The van der Waals surface area contributed by atoms with Gasteiger partial charge in [-0.05, 0) is 31.8 Å². The molecule has 3 heteroatoms. The second-order valence-corrected chi connectivity index (χ2v) is 3.59. The fraction of sp³-hybridized carbons (Fsp3) is 0.700. The van der Waals surface area contributed by atoms with Crippen molar-refractivity contribution < 1.29 is 4.79 Å². The largest absolute Gasteiger partial charge is 0.338 e. The Kier molecular flexibility index (Phi) is 3.48. The van der Waals surface area contributed by atoms with E-state index in [4.69, 9.17) is 5.73 Å². The van der Waals surface area contributed by atoms with E-state index in [0.29, 0.717) is 12.5 Å². The van der Waals surface area contributed by atoms with Crippen LogP contribution in [0.1, 0.15) is 19.8 Å². The number of nitrogens with zero attached hydrogens (tertiary/aromatic N) is 1. The fourth-order valence-corrected chi connectivity index (χ4v) is 1.57. The standard InChI is InChI=1S/C10H18N2O/c1-3-4-10(13)12(2)9(7-11)8-5-6-8/h3-4,8-9H,5-7,11H2,1-2H3/b4-3+. The molecular weight excluding hydrogens is 164 g/mol. The molecule has 0 saturated heterocycles. The molecule has 1 amide bonds. The zero-order valence-electron chi connectivity index (χ0n) is 8.36. The van der Waals surface area contributed by atoms with Crippen molar-refractivity contribution in [2.24, 2.45) is 11.7 Å². The molecule has 1 unspecified atom stereocenters. The lowest BCUT2D eigenvalue weighted by Crippen LogP contribution is -2.42. The summed E-state index contributed by atoms with van der Waals surface area (Å²) in [5.41, 5.74) is 5.63. The summed E-state index contributed by atoms with van der Waals surface area (Å²) < 4.78 is 0. The summed E-state index contributed by atoms with van der Waals surface area (Å²) in [5.74, 6) is 0.703. The van der Waals surface area contributed by atoms with Crippen LogP contribution < -0.4 is 5.73 Å². The third kappa shape index (κ3) is 2.56. The molecule has 74 valence electrons. The summed E-state index contributed by atoms with van der Waals surface area (Å²) in [7, 11) is 1.83. The lowest BCUT2D eigenvalue weighted by atomic mass is 10.1. The topological polar surface area (TPSA) is 46.3 Å². The summed E-state index contributed by atoms with van der Waals surface area (Å²) in [5, 5.41) is 0. The molecule has 2 N–H and O–H groups in total. The van der Waals surface area contributed by atoms with E-state index in [-0.39, 0.29) is 11.9 Å². The molecule has 13 heavy (non-hydrogen) atoms. The van der Waals surface area contributed by atoms with Crippen LogP contribution in [0, 0.1) is 5.92 Å². The average molecular weight is 182 g/mol. The highest BCUT2D eigenvalue weighted by Crippen LogP contribution is 2.34. The Morgan fingerprint density at radius 1 is 1.69 bits per heavy atom. The summed E-state index contributed by atoms with van der Waals surface area (Å²) in [6.07, 6.45) is 5.79. The van der Waals surface area contributed by atoms with Gasteiger partial charge in [0.05, 0.1) is 0 Å². The van der Waals surface area contributed by atoms with E-state index in [1.54, 1.807) is 17.1 Å². The minimum atomic E-state index is 0.0600. The van der Waals surface area contributed by atoms with Crippen molar-refractivity contribution in [1.82, 2.24) is 4.90 Å². The number of carbonyl (C=O) groups is 1. The van der Waals surface area contributed by atoms with Gasteiger partial charge in [0.15, 0.2) is 0 Å². The number of hydrogen-bond donors (Lipinski definition) is 1. The van der Waals surface area contributed by atoms with Crippen molar-refractivity contribution in [2.75, 3.05) is 13.6 Å². The highest BCUT2D eigenvalue weighted by Gasteiger charge is 2.34. The van der Waals surface area contributed by atoms with Gasteiger partial charge in [-0.15, -0.1) is 0 Å². The Balaban J connectivity index is 2.51. The molecule has 3 nitrogen and oxygen atoms in total. The van der Waals surface area contributed by atoms with Crippen molar-refractivity contribution in [1.29, 1.82) is 0 Å². The first kappa shape index (κ1) is 10.3. The van der Waals surface area contributed by atoms with Gasteiger partial charge in [0.25, 0.3) is 0 Å². The SMILES string of the molecule is C/C=C/C(=O)N(C)C(CN)C1CC1. The molecule has 1 aliphatic carbocycles. The van der Waals surface area contributed by atoms with Crippen molar-refractivity contribution in [3.8, 4) is 0 Å². The van der Waals surface area contributed by atoms with Crippen molar-refractivity contribution in [3.63, 3.8) is 0 Å².